The molecule has 1 rings (SSSR count). The number of hydrogen-bond acceptors (Lipinski definition) is 3. The van der Waals surface area contributed by atoms with E-state index in [1.54, 1.807) is 25.1 Å². The van der Waals surface area contributed by atoms with Gasteiger partial charge in [0.2, 0.25) is 15.9 Å². The normalized spacial score (nSPS) is 13.1. The van der Waals surface area contributed by atoms with Crippen LogP contribution in [0.2, 0.25) is 0 Å². The summed E-state index contributed by atoms with van der Waals surface area (Å²) in [5.41, 5.74) is 1.44. The van der Waals surface area contributed by atoms with Crippen molar-refractivity contribution in [1.82, 2.24) is 5.32 Å². The van der Waals surface area contributed by atoms with Crippen LogP contribution >= 0.6 is 0 Å². The van der Waals surface area contributed by atoms with Crippen molar-refractivity contribution in [2.24, 2.45) is 0 Å². The average Bonchev–Trinajstić information content (AvgIpc) is 2.26. The van der Waals surface area contributed by atoms with Gasteiger partial charge in [0, 0.05) is 6.04 Å². The van der Waals surface area contributed by atoms with E-state index in [0.29, 0.717) is 5.69 Å². The third kappa shape index (κ3) is 4.23. The Kier molecular flexibility index (Phi) is 5.16. The van der Waals surface area contributed by atoms with Gasteiger partial charge in [-0.1, -0.05) is 12.1 Å². The molecule has 0 bridgehead atoms. The molecule has 20 heavy (non-hydrogen) atoms. The largest absolute Gasteiger partial charge is 0.352 e. The molecule has 0 aliphatic rings. The van der Waals surface area contributed by atoms with Crippen molar-refractivity contribution >= 4 is 21.6 Å². The van der Waals surface area contributed by atoms with E-state index in [2.05, 4.69) is 5.32 Å². The highest BCUT2D eigenvalue weighted by Crippen LogP contribution is 2.21. The molecule has 1 aromatic carbocycles. The van der Waals surface area contributed by atoms with Gasteiger partial charge in [0.25, 0.3) is 0 Å². The summed E-state index contributed by atoms with van der Waals surface area (Å²) in [5, 5.41) is 2.73. The van der Waals surface area contributed by atoms with Gasteiger partial charge in [-0.2, -0.15) is 0 Å². The van der Waals surface area contributed by atoms with Crippen LogP contribution in [0, 0.1) is 6.92 Å². The number of carbonyl (C=O) groups is 1. The van der Waals surface area contributed by atoms with E-state index in [0.717, 1.165) is 16.1 Å². The first-order valence-electron chi connectivity index (χ1n) is 6.49. The zero-order valence-corrected chi connectivity index (χ0v) is 13.4. The first-order chi connectivity index (χ1) is 9.12. The van der Waals surface area contributed by atoms with Gasteiger partial charge < -0.3 is 5.32 Å². The minimum Gasteiger partial charge on any atom is -0.352 e. The topological polar surface area (TPSA) is 66.5 Å². The van der Waals surface area contributed by atoms with Gasteiger partial charge in [0.05, 0.1) is 11.9 Å². The molecule has 1 aromatic rings. The Morgan fingerprint density at radius 3 is 2.30 bits per heavy atom. The molecule has 0 aliphatic carbocycles. The fourth-order valence-corrected chi connectivity index (χ4v) is 3.15. The Morgan fingerprint density at radius 1 is 1.25 bits per heavy atom. The summed E-state index contributed by atoms with van der Waals surface area (Å²) in [5.74, 6) is -0.313. The lowest BCUT2D eigenvalue weighted by Gasteiger charge is -2.29. The molecule has 0 fully saturated rings. The lowest BCUT2D eigenvalue weighted by Crippen LogP contribution is -2.49. The van der Waals surface area contributed by atoms with Crippen LogP contribution < -0.4 is 9.62 Å². The second kappa shape index (κ2) is 6.26. The van der Waals surface area contributed by atoms with Crippen LogP contribution in [0.25, 0.3) is 0 Å². The van der Waals surface area contributed by atoms with Gasteiger partial charge in [-0.3, -0.25) is 9.10 Å². The first-order valence-corrected chi connectivity index (χ1v) is 8.34. The molecule has 1 N–H and O–H groups in total. The van der Waals surface area contributed by atoms with Crippen molar-refractivity contribution in [3.63, 3.8) is 0 Å². The third-order valence-corrected chi connectivity index (χ3v) is 4.02. The number of nitrogens with one attached hydrogen (secondary N) is 1. The van der Waals surface area contributed by atoms with Crippen LogP contribution in [0.4, 0.5) is 5.69 Å². The van der Waals surface area contributed by atoms with Gasteiger partial charge >= 0.3 is 0 Å². The maximum atomic E-state index is 12.1. The van der Waals surface area contributed by atoms with Crippen molar-refractivity contribution in [3.8, 4) is 0 Å². The van der Waals surface area contributed by atoms with E-state index in [9.17, 15) is 13.2 Å². The van der Waals surface area contributed by atoms with E-state index in [4.69, 9.17) is 0 Å². The molecule has 1 unspecified atom stereocenters. The third-order valence-electron chi connectivity index (χ3n) is 2.78. The summed E-state index contributed by atoms with van der Waals surface area (Å²) >= 11 is 0. The number of anilines is 1. The van der Waals surface area contributed by atoms with Crippen LogP contribution in [-0.4, -0.2) is 32.7 Å². The SMILES string of the molecule is Cc1cccc(N(C(C)C(=O)NC(C)C)S(C)(=O)=O)c1. The fraction of sp³-hybridized carbons (Fsp3) is 0.500. The van der Waals surface area contributed by atoms with Crippen LogP contribution in [-0.2, 0) is 14.8 Å². The van der Waals surface area contributed by atoms with Crippen molar-refractivity contribution < 1.29 is 13.2 Å². The summed E-state index contributed by atoms with van der Waals surface area (Å²) in [4.78, 5) is 12.1. The van der Waals surface area contributed by atoms with Gasteiger partial charge in [0.1, 0.15) is 6.04 Å². The average molecular weight is 298 g/mol. The summed E-state index contributed by atoms with van der Waals surface area (Å²) in [7, 11) is -3.54. The highest BCUT2D eigenvalue weighted by molar-refractivity contribution is 7.92. The molecule has 1 amide bonds. The first kappa shape index (κ1) is 16.5. The number of carbonyl (C=O) groups excluding carboxylic acids is 1. The zero-order chi connectivity index (χ0) is 15.5. The number of aryl methyl sites for hydroxylation is 1. The number of amides is 1. The molecule has 5 nitrogen and oxygen atoms in total. The predicted octanol–water partition coefficient (Wildman–Crippen LogP) is 1.67. The molecule has 0 saturated carbocycles. The zero-order valence-electron chi connectivity index (χ0n) is 12.5. The second-order valence-corrected chi connectivity index (χ2v) is 7.10. The highest BCUT2D eigenvalue weighted by atomic mass is 32.2. The van der Waals surface area contributed by atoms with Crippen LogP contribution in [0.15, 0.2) is 24.3 Å². The molecular formula is C14H22N2O3S. The number of benzene rings is 1. The molecule has 0 aliphatic heterocycles. The molecule has 1 atom stereocenters. The van der Waals surface area contributed by atoms with Crippen molar-refractivity contribution in [2.75, 3.05) is 10.6 Å². The van der Waals surface area contributed by atoms with E-state index in [1.807, 2.05) is 26.8 Å². The number of rotatable bonds is 5. The van der Waals surface area contributed by atoms with Gasteiger partial charge in [-0.25, -0.2) is 8.42 Å². The van der Waals surface area contributed by atoms with Crippen molar-refractivity contribution in [1.29, 1.82) is 0 Å². The maximum absolute atomic E-state index is 12.1. The molecular weight excluding hydrogens is 276 g/mol. The molecule has 6 heteroatoms. The molecule has 0 radical (unpaired) electrons. The van der Waals surface area contributed by atoms with Crippen molar-refractivity contribution in [2.45, 2.75) is 39.8 Å². The predicted molar refractivity (Wildman–Crippen MR) is 81.2 cm³/mol. The lowest BCUT2D eigenvalue weighted by atomic mass is 10.2. The monoisotopic (exact) mass is 298 g/mol. The van der Waals surface area contributed by atoms with E-state index >= 15 is 0 Å². The Balaban J connectivity index is 3.18. The van der Waals surface area contributed by atoms with E-state index in [1.165, 1.54) is 0 Å². The summed E-state index contributed by atoms with van der Waals surface area (Å²) < 4.78 is 25.2. The molecule has 112 valence electrons. The Labute approximate surface area is 121 Å². The smallest absolute Gasteiger partial charge is 0.243 e. The molecule has 0 heterocycles. The maximum Gasteiger partial charge on any atom is 0.243 e. The minimum atomic E-state index is -3.54. The lowest BCUT2D eigenvalue weighted by molar-refractivity contribution is -0.122. The summed E-state index contributed by atoms with van der Waals surface area (Å²) in [6.07, 6.45) is 1.11. The summed E-state index contributed by atoms with van der Waals surface area (Å²) in [6.45, 7) is 7.13. The van der Waals surface area contributed by atoms with E-state index < -0.39 is 16.1 Å². The Bertz CT molecular complexity index is 582. The summed E-state index contributed by atoms with van der Waals surface area (Å²) in [6, 6.07) is 6.25. The van der Waals surface area contributed by atoms with E-state index in [-0.39, 0.29) is 11.9 Å². The molecule has 0 saturated heterocycles. The number of sulfonamides is 1. The van der Waals surface area contributed by atoms with Gasteiger partial charge in [0.15, 0.2) is 0 Å². The fourth-order valence-electron chi connectivity index (χ4n) is 1.98. The van der Waals surface area contributed by atoms with Crippen molar-refractivity contribution in [3.05, 3.63) is 29.8 Å². The highest BCUT2D eigenvalue weighted by Gasteiger charge is 2.29. The van der Waals surface area contributed by atoms with Crippen LogP contribution in [0.1, 0.15) is 26.3 Å². The Morgan fingerprint density at radius 2 is 1.85 bits per heavy atom. The van der Waals surface area contributed by atoms with Crippen LogP contribution in [0.5, 0.6) is 0 Å². The van der Waals surface area contributed by atoms with Gasteiger partial charge in [-0.15, -0.1) is 0 Å². The van der Waals surface area contributed by atoms with Gasteiger partial charge in [-0.05, 0) is 45.4 Å². The number of hydrogen-bond donors (Lipinski definition) is 1. The number of nitrogens with zero attached hydrogens (tertiary/aromatic N) is 1. The van der Waals surface area contributed by atoms with Crippen LogP contribution in [0.3, 0.4) is 0 Å². The minimum absolute atomic E-state index is 0.0381. The second-order valence-electron chi connectivity index (χ2n) is 5.24. The molecule has 0 spiro atoms. The molecule has 0 aromatic heterocycles. The Hall–Kier alpha value is -1.56. The quantitative estimate of drug-likeness (QED) is 0.899. The standard InChI is InChI=1S/C14H22N2O3S/c1-10(2)15-14(17)12(4)16(20(5,18)19)13-8-6-7-11(3)9-13/h6-10,12H,1-5H3,(H,15,17).